The van der Waals surface area contributed by atoms with Crippen molar-refractivity contribution in [3.8, 4) is 5.75 Å². The van der Waals surface area contributed by atoms with Gasteiger partial charge in [-0.1, -0.05) is 18.2 Å². The van der Waals surface area contributed by atoms with E-state index in [1.165, 1.54) is 0 Å². The van der Waals surface area contributed by atoms with Crippen LogP contribution >= 0.6 is 0 Å². The van der Waals surface area contributed by atoms with Gasteiger partial charge in [0.15, 0.2) is 0 Å². The largest absolute Gasteiger partial charge is 0.493 e. The number of ether oxygens (including phenoxy) is 1. The zero-order valence-corrected chi connectivity index (χ0v) is 9.98. The van der Waals surface area contributed by atoms with Crippen LogP contribution in [0.5, 0.6) is 5.75 Å². The van der Waals surface area contributed by atoms with Gasteiger partial charge in [-0.2, -0.15) is 0 Å². The molecule has 0 saturated heterocycles. The summed E-state index contributed by atoms with van der Waals surface area (Å²) >= 11 is 0. The number of hydrogen-bond acceptors (Lipinski definition) is 3. The van der Waals surface area contributed by atoms with Crippen molar-refractivity contribution < 1.29 is 9.53 Å². The molecule has 0 radical (unpaired) electrons. The van der Waals surface area contributed by atoms with Gasteiger partial charge in [0.25, 0.3) is 0 Å². The summed E-state index contributed by atoms with van der Waals surface area (Å²) in [4.78, 5) is 12.1. The zero-order chi connectivity index (χ0) is 12.3. The van der Waals surface area contributed by atoms with Crippen molar-refractivity contribution in [2.75, 3.05) is 13.2 Å². The van der Waals surface area contributed by atoms with Gasteiger partial charge in [0.1, 0.15) is 5.75 Å². The second kappa shape index (κ2) is 5.19. The molecule has 1 amide bonds. The second-order valence-electron chi connectivity index (χ2n) is 4.37. The van der Waals surface area contributed by atoms with Crippen molar-refractivity contribution in [3.05, 3.63) is 29.8 Å². The fourth-order valence-electron chi connectivity index (χ4n) is 2.02. The Labute approximate surface area is 101 Å². The number of para-hydroxylation sites is 1. The molecule has 2 rings (SSSR count). The van der Waals surface area contributed by atoms with E-state index in [1.807, 2.05) is 31.2 Å². The standard InChI is InChI=1S/C13H18N2O2/c1-9(8-14)15-13(16)11-6-7-17-12-5-3-2-4-10(11)12/h2-5,9,11H,6-8,14H2,1H3,(H,15,16)/t9-,11?/m0/s1. The van der Waals surface area contributed by atoms with Crippen molar-refractivity contribution in [1.82, 2.24) is 5.32 Å². The van der Waals surface area contributed by atoms with Gasteiger partial charge in [0.05, 0.1) is 12.5 Å². The average Bonchev–Trinajstić information content (AvgIpc) is 2.37. The Morgan fingerprint density at radius 2 is 2.35 bits per heavy atom. The van der Waals surface area contributed by atoms with Gasteiger partial charge in [-0.15, -0.1) is 0 Å². The number of benzene rings is 1. The first-order valence-electron chi connectivity index (χ1n) is 5.94. The predicted octanol–water partition coefficient (Wildman–Crippen LogP) is 1.02. The van der Waals surface area contributed by atoms with E-state index in [0.717, 1.165) is 17.7 Å². The highest BCUT2D eigenvalue weighted by Crippen LogP contribution is 2.33. The molecule has 2 atom stereocenters. The molecule has 0 spiro atoms. The highest BCUT2D eigenvalue weighted by molar-refractivity contribution is 5.85. The van der Waals surface area contributed by atoms with Crippen LogP contribution in [0.15, 0.2) is 24.3 Å². The molecule has 3 N–H and O–H groups in total. The number of nitrogens with one attached hydrogen (secondary N) is 1. The van der Waals surface area contributed by atoms with Crippen LogP contribution in [0.25, 0.3) is 0 Å². The number of rotatable bonds is 3. The molecular formula is C13H18N2O2. The van der Waals surface area contributed by atoms with E-state index in [2.05, 4.69) is 5.32 Å². The number of carbonyl (C=O) groups excluding carboxylic acids is 1. The van der Waals surface area contributed by atoms with Crippen LogP contribution in [0.1, 0.15) is 24.8 Å². The van der Waals surface area contributed by atoms with Gasteiger partial charge in [0, 0.05) is 18.2 Å². The first-order valence-corrected chi connectivity index (χ1v) is 5.94. The molecule has 0 bridgehead atoms. The highest BCUT2D eigenvalue weighted by Gasteiger charge is 2.27. The topological polar surface area (TPSA) is 64.3 Å². The summed E-state index contributed by atoms with van der Waals surface area (Å²) in [6, 6.07) is 7.71. The fourth-order valence-corrected chi connectivity index (χ4v) is 2.02. The van der Waals surface area contributed by atoms with Crippen molar-refractivity contribution >= 4 is 5.91 Å². The normalized spacial score (nSPS) is 20.0. The summed E-state index contributed by atoms with van der Waals surface area (Å²) in [5, 5.41) is 2.92. The van der Waals surface area contributed by atoms with Crippen LogP contribution in [-0.4, -0.2) is 25.1 Å². The van der Waals surface area contributed by atoms with Crippen molar-refractivity contribution in [2.45, 2.75) is 25.3 Å². The molecule has 4 nitrogen and oxygen atoms in total. The van der Waals surface area contributed by atoms with Crippen molar-refractivity contribution in [1.29, 1.82) is 0 Å². The smallest absolute Gasteiger partial charge is 0.228 e. The maximum atomic E-state index is 12.1. The van der Waals surface area contributed by atoms with E-state index >= 15 is 0 Å². The highest BCUT2D eigenvalue weighted by atomic mass is 16.5. The first-order chi connectivity index (χ1) is 8.22. The number of fused-ring (bicyclic) bond motifs is 1. The molecule has 1 aromatic rings. The molecule has 1 aromatic carbocycles. The maximum Gasteiger partial charge on any atom is 0.228 e. The van der Waals surface area contributed by atoms with Crippen LogP contribution in [0.3, 0.4) is 0 Å². The molecule has 0 saturated carbocycles. The van der Waals surface area contributed by atoms with E-state index < -0.39 is 0 Å². The Hall–Kier alpha value is -1.55. The first kappa shape index (κ1) is 11.9. The lowest BCUT2D eigenvalue weighted by Gasteiger charge is -2.26. The van der Waals surface area contributed by atoms with E-state index in [-0.39, 0.29) is 17.9 Å². The van der Waals surface area contributed by atoms with E-state index in [9.17, 15) is 4.79 Å². The molecular weight excluding hydrogens is 216 g/mol. The summed E-state index contributed by atoms with van der Waals surface area (Å²) in [6.07, 6.45) is 0.722. The summed E-state index contributed by atoms with van der Waals surface area (Å²) < 4.78 is 5.53. The van der Waals surface area contributed by atoms with E-state index in [0.29, 0.717) is 13.2 Å². The molecule has 1 aliphatic heterocycles. The fraction of sp³-hybridized carbons (Fsp3) is 0.462. The summed E-state index contributed by atoms with van der Waals surface area (Å²) in [7, 11) is 0. The monoisotopic (exact) mass is 234 g/mol. The van der Waals surface area contributed by atoms with E-state index in [4.69, 9.17) is 10.5 Å². The number of nitrogens with two attached hydrogens (primary N) is 1. The second-order valence-corrected chi connectivity index (χ2v) is 4.37. The number of amides is 1. The minimum absolute atomic E-state index is 0.0116. The van der Waals surface area contributed by atoms with Crippen LogP contribution in [0, 0.1) is 0 Å². The molecule has 1 heterocycles. The van der Waals surface area contributed by atoms with Gasteiger partial charge >= 0.3 is 0 Å². The quantitative estimate of drug-likeness (QED) is 0.820. The third kappa shape index (κ3) is 2.58. The number of hydrogen-bond donors (Lipinski definition) is 2. The third-order valence-electron chi connectivity index (χ3n) is 3.02. The summed E-state index contributed by atoms with van der Waals surface area (Å²) in [5.74, 6) is 0.743. The molecule has 92 valence electrons. The molecule has 0 fully saturated rings. The lowest BCUT2D eigenvalue weighted by molar-refractivity contribution is -0.123. The Kier molecular flexibility index (Phi) is 3.64. The van der Waals surface area contributed by atoms with Crippen LogP contribution in [0.2, 0.25) is 0 Å². The molecule has 0 aliphatic carbocycles. The van der Waals surface area contributed by atoms with Gasteiger partial charge < -0.3 is 15.8 Å². The molecule has 1 aliphatic rings. The molecule has 0 aromatic heterocycles. The van der Waals surface area contributed by atoms with Crippen LogP contribution < -0.4 is 15.8 Å². The Bertz CT molecular complexity index is 406. The Morgan fingerprint density at radius 3 is 3.12 bits per heavy atom. The van der Waals surface area contributed by atoms with Crippen molar-refractivity contribution in [2.24, 2.45) is 5.73 Å². The van der Waals surface area contributed by atoms with Gasteiger partial charge in [-0.25, -0.2) is 0 Å². The lowest BCUT2D eigenvalue weighted by atomic mass is 9.92. The number of carbonyl (C=O) groups is 1. The minimum atomic E-state index is -0.117. The Morgan fingerprint density at radius 1 is 1.59 bits per heavy atom. The average molecular weight is 234 g/mol. The minimum Gasteiger partial charge on any atom is -0.493 e. The zero-order valence-electron chi connectivity index (χ0n) is 9.98. The van der Waals surface area contributed by atoms with Crippen LogP contribution in [-0.2, 0) is 4.79 Å². The van der Waals surface area contributed by atoms with Gasteiger partial charge in [0.2, 0.25) is 5.91 Å². The van der Waals surface area contributed by atoms with Crippen molar-refractivity contribution in [3.63, 3.8) is 0 Å². The van der Waals surface area contributed by atoms with Gasteiger partial charge in [-0.05, 0) is 19.4 Å². The third-order valence-corrected chi connectivity index (χ3v) is 3.02. The van der Waals surface area contributed by atoms with Crippen LogP contribution in [0.4, 0.5) is 0 Å². The summed E-state index contributed by atoms with van der Waals surface area (Å²) in [6.45, 7) is 2.95. The molecule has 1 unspecified atom stereocenters. The summed E-state index contributed by atoms with van der Waals surface area (Å²) in [5.41, 5.74) is 6.48. The maximum absolute atomic E-state index is 12.1. The molecule has 17 heavy (non-hydrogen) atoms. The van der Waals surface area contributed by atoms with Gasteiger partial charge in [-0.3, -0.25) is 4.79 Å². The SMILES string of the molecule is C[C@@H](CN)NC(=O)C1CCOc2ccccc21. The Balaban J connectivity index is 2.15. The lowest BCUT2D eigenvalue weighted by Crippen LogP contribution is -2.41. The molecule has 4 heteroatoms. The van der Waals surface area contributed by atoms with E-state index in [1.54, 1.807) is 0 Å². The predicted molar refractivity (Wildman–Crippen MR) is 66.0 cm³/mol.